The highest BCUT2D eigenvalue weighted by Crippen LogP contribution is 2.33. The number of benzene rings is 2. The van der Waals surface area contributed by atoms with Gasteiger partial charge in [-0.1, -0.05) is 6.07 Å². The van der Waals surface area contributed by atoms with Crippen LogP contribution >= 0.6 is 12.4 Å². The maximum absolute atomic E-state index is 13.3. The number of carbonyl (C=O) groups is 1. The van der Waals surface area contributed by atoms with Crippen molar-refractivity contribution >= 4 is 24.0 Å². The molecule has 0 aromatic heterocycles. The van der Waals surface area contributed by atoms with Crippen LogP contribution in [-0.4, -0.2) is 25.8 Å². The molecule has 0 saturated carbocycles. The van der Waals surface area contributed by atoms with Crippen LogP contribution in [0.1, 0.15) is 18.4 Å². The molecule has 2 aliphatic heterocycles. The van der Waals surface area contributed by atoms with E-state index < -0.39 is 0 Å². The molecule has 2 aromatic rings. The fourth-order valence-electron chi connectivity index (χ4n) is 3.42. The first-order valence-electron chi connectivity index (χ1n) is 8.87. The zero-order valence-electron chi connectivity index (χ0n) is 14.8. The second kappa shape index (κ2) is 8.59. The lowest BCUT2D eigenvalue weighted by Crippen LogP contribution is -2.43. The van der Waals surface area contributed by atoms with E-state index in [1.165, 1.54) is 12.1 Å². The Morgan fingerprint density at radius 1 is 1.15 bits per heavy atom. The molecule has 1 amide bonds. The second-order valence-corrected chi connectivity index (χ2v) is 6.63. The van der Waals surface area contributed by atoms with Crippen molar-refractivity contribution in [2.45, 2.75) is 19.4 Å². The average Bonchev–Trinajstić information content (AvgIpc) is 3.15. The molecule has 7 heteroatoms. The van der Waals surface area contributed by atoms with E-state index in [2.05, 4.69) is 5.32 Å². The Hall–Kier alpha value is -2.31. The summed E-state index contributed by atoms with van der Waals surface area (Å²) in [5, 5.41) is 3.28. The number of amides is 1. The number of anilines is 1. The molecule has 1 N–H and O–H groups in total. The second-order valence-electron chi connectivity index (χ2n) is 6.63. The molecular formula is C20H22ClFN2O3. The van der Waals surface area contributed by atoms with Crippen molar-refractivity contribution < 1.29 is 18.7 Å². The third-order valence-corrected chi connectivity index (χ3v) is 4.83. The molecule has 2 aliphatic rings. The third-order valence-electron chi connectivity index (χ3n) is 4.83. The van der Waals surface area contributed by atoms with E-state index in [1.807, 2.05) is 18.2 Å². The largest absolute Gasteiger partial charge is 0.454 e. The highest BCUT2D eigenvalue weighted by Gasteiger charge is 2.27. The molecule has 27 heavy (non-hydrogen) atoms. The van der Waals surface area contributed by atoms with E-state index in [0.717, 1.165) is 24.9 Å². The number of ether oxygens (including phenoxy) is 2. The van der Waals surface area contributed by atoms with Crippen molar-refractivity contribution in [3.8, 4) is 11.5 Å². The van der Waals surface area contributed by atoms with Gasteiger partial charge in [0.25, 0.3) is 0 Å². The third kappa shape index (κ3) is 4.34. The highest BCUT2D eigenvalue weighted by atomic mass is 35.5. The zero-order chi connectivity index (χ0) is 17.9. The van der Waals surface area contributed by atoms with E-state index in [9.17, 15) is 9.18 Å². The van der Waals surface area contributed by atoms with Gasteiger partial charge < -0.3 is 19.7 Å². The SMILES string of the molecule is Cl.O=C(C1CCCNC1)N(Cc1ccc2c(c1)OCO2)c1ccc(F)cc1. The summed E-state index contributed by atoms with van der Waals surface area (Å²) in [4.78, 5) is 14.9. The van der Waals surface area contributed by atoms with Crippen LogP contribution in [-0.2, 0) is 11.3 Å². The molecule has 144 valence electrons. The van der Waals surface area contributed by atoms with Crippen LogP contribution < -0.4 is 19.7 Å². The van der Waals surface area contributed by atoms with E-state index in [1.54, 1.807) is 17.0 Å². The van der Waals surface area contributed by atoms with E-state index in [0.29, 0.717) is 30.3 Å². The first-order valence-corrected chi connectivity index (χ1v) is 8.87. The standard InChI is InChI=1S/C20H21FN2O3.ClH/c21-16-4-6-17(7-5-16)23(20(24)15-2-1-9-22-11-15)12-14-3-8-18-19(10-14)26-13-25-18;/h3-8,10,15,22H,1-2,9,11-13H2;1H. The number of piperidine rings is 1. The molecule has 5 nitrogen and oxygen atoms in total. The van der Waals surface area contributed by atoms with Gasteiger partial charge in [0, 0.05) is 12.2 Å². The summed E-state index contributed by atoms with van der Waals surface area (Å²) in [5.41, 5.74) is 1.63. The molecule has 1 unspecified atom stereocenters. The fourth-order valence-corrected chi connectivity index (χ4v) is 3.42. The van der Waals surface area contributed by atoms with Crippen molar-refractivity contribution in [3.63, 3.8) is 0 Å². The Morgan fingerprint density at radius 2 is 1.93 bits per heavy atom. The molecule has 0 aliphatic carbocycles. The Bertz CT molecular complexity index is 794. The van der Waals surface area contributed by atoms with Crippen LogP contribution in [0.3, 0.4) is 0 Å². The Morgan fingerprint density at radius 3 is 2.67 bits per heavy atom. The lowest BCUT2D eigenvalue weighted by molar-refractivity contribution is -0.123. The molecule has 0 spiro atoms. The number of nitrogens with zero attached hydrogens (tertiary/aromatic N) is 1. The van der Waals surface area contributed by atoms with Crippen LogP contribution in [0.5, 0.6) is 11.5 Å². The molecule has 4 rings (SSSR count). The van der Waals surface area contributed by atoms with E-state index in [4.69, 9.17) is 9.47 Å². The van der Waals surface area contributed by atoms with Crippen LogP contribution in [0.25, 0.3) is 0 Å². The number of rotatable bonds is 4. The predicted octanol–water partition coefficient (Wildman–Crippen LogP) is 3.51. The number of nitrogens with one attached hydrogen (secondary N) is 1. The number of halogens is 2. The molecule has 1 fully saturated rings. The number of fused-ring (bicyclic) bond motifs is 1. The molecule has 0 radical (unpaired) electrons. The summed E-state index contributed by atoms with van der Waals surface area (Å²) in [5.74, 6) is 1.08. The van der Waals surface area contributed by atoms with Gasteiger partial charge in [-0.2, -0.15) is 0 Å². The van der Waals surface area contributed by atoms with Gasteiger partial charge in [-0.25, -0.2) is 4.39 Å². The maximum Gasteiger partial charge on any atom is 0.231 e. The maximum atomic E-state index is 13.3. The highest BCUT2D eigenvalue weighted by molar-refractivity contribution is 5.95. The van der Waals surface area contributed by atoms with Gasteiger partial charge in [0.2, 0.25) is 12.7 Å². The fraction of sp³-hybridized carbons (Fsp3) is 0.350. The van der Waals surface area contributed by atoms with Gasteiger partial charge >= 0.3 is 0 Å². The van der Waals surface area contributed by atoms with Crippen molar-refractivity contribution in [2.24, 2.45) is 5.92 Å². The number of hydrogen-bond donors (Lipinski definition) is 1. The van der Waals surface area contributed by atoms with Crippen molar-refractivity contribution in [1.82, 2.24) is 5.32 Å². The molecule has 0 bridgehead atoms. The number of carbonyl (C=O) groups excluding carboxylic acids is 1. The summed E-state index contributed by atoms with van der Waals surface area (Å²) in [6.45, 7) is 2.24. The molecule has 1 atom stereocenters. The van der Waals surface area contributed by atoms with E-state index in [-0.39, 0.29) is 36.8 Å². The molecular weight excluding hydrogens is 371 g/mol. The van der Waals surface area contributed by atoms with Crippen LogP contribution in [0, 0.1) is 11.7 Å². The minimum Gasteiger partial charge on any atom is -0.454 e. The molecule has 2 aromatic carbocycles. The smallest absolute Gasteiger partial charge is 0.231 e. The van der Waals surface area contributed by atoms with Gasteiger partial charge in [0.1, 0.15) is 5.82 Å². The summed E-state index contributed by atoms with van der Waals surface area (Å²) >= 11 is 0. The van der Waals surface area contributed by atoms with Crippen molar-refractivity contribution in [2.75, 3.05) is 24.8 Å². The first-order chi connectivity index (χ1) is 12.7. The van der Waals surface area contributed by atoms with Gasteiger partial charge in [0.05, 0.1) is 12.5 Å². The number of hydrogen-bond acceptors (Lipinski definition) is 4. The monoisotopic (exact) mass is 392 g/mol. The van der Waals surface area contributed by atoms with E-state index >= 15 is 0 Å². The van der Waals surface area contributed by atoms with Gasteiger partial charge in [0.15, 0.2) is 11.5 Å². The quantitative estimate of drug-likeness (QED) is 0.865. The summed E-state index contributed by atoms with van der Waals surface area (Å²) in [7, 11) is 0. The summed E-state index contributed by atoms with van der Waals surface area (Å²) in [6, 6.07) is 11.7. The van der Waals surface area contributed by atoms with Gasteiger partial charge in [-0.15, -0.1) is 12.4 Å². The van der Waals surface area contributed by atoms with Crippen LogP contribution in [0.15, 0.2) is 42.5 Å². The van der Waals surface area contributed by atoms with Gasteiger partial charge in [-0.3, -0.25) is 4.79 Å². The van der Waals surface area contributed by atoms with Crippen LogP contribution in [0.2, 0.25) is 0 Å². The Balaban J connectivity index is 0.00000210. The minimum absolute atomic E-state index is 0. The van der Waals surface area contributed by atoms with Gasteiger partial charge in [-0.05, 0) is 61.3 Å². The summed E-state index contributed by atoms with van der Waals surface area (Å²) < 4.78 is 24.1. The van der Waals surface area contributed by atoms with Crippen LogP contribution in [0.4, 0.5) is 10.1 Å². The Kier molecular flexibility index (Phi) is 6.19. The lowest BCUT2D eigenvalue weighted by Gasteiger charge is -2.30. The topological polar surface area (TPSA) is 50.8 Å². The zero-order valence-corrected chi connectivity index (χ0v) is 15.6. The predicted molar refractivity (Wildman–Crippen MR) is 103 cm³/mol. The summed E-state index contributed by atoms with van der Waals surface area (Å²) in [6.07, 6.45) is 1.85. The Labute approximate surface area is 163 Å². The lowest BCUT2D eigenvalue weighted by atomic mass is 9.97. The molecule has 2 heterocycles. The average molecular weight is 393 g/mol. The molecule has 1 saturated heterocycles. The minimum atomic E-state index is -0.316. The van der Waals surface area contributed by atoms with Crippen molar-refractivity contribution in [1.29, 1.82) is 0 Å². The first kappa shape index (κ1) is 19.5. The normalized spacial score (nSPS) is 17.9. The van der Waals surface area contributed by atoms with Crippen molar-refractivity contribution in [3.05, 3.63) is 53.8 Å².